The minimum atomic E-state index is -3.43. The van der Waals surface area contributed by atoms with Crippen LogP contribution in [0.25, 0.3) is 21.8 Å². The summed E-state index contributed by atoms with van der Waals surface area (Å²) in [6.07, 6.45) is 14.2. The monoisotopic (exact) mass is 806 g/mol. The van der Waals surface area contributed by atoms with Crippen LogP contribution in [-0.4, -0.2) is 86.4 Å². The molecule has 302 valence electrons. The van der Waals surface area contributed by atoms with Gasteiger partial charge in [-0.1, -0.05) is 25.7 Å². The van der Waals surface area contributed by atoms with E-state index in [0.717, 1.165) is 142 Å². The van der Waals surface area contributed by atoms with Crippen LogP contribution in [-0.2, 0) is 60.3 Å². The predicted octanol–water partition coefficient (Wildman–Crippen LogP) is 5.34. The molecule has 0 bridgehead atoms. The molecule has 3 aliphatic heterocycles. The summed E-state index contributed by atoms with van der Waals surface area (Å²) in [5.74, 6) is 0.352. The maximum Gasteiger partial charge on any atom is 0.236 e. The van der Waals surface area contributed by atoms with Gasteiger partial charge in [-0.15, -0.1) is 0 Å². The second kappa shape index (κ2) is 15.9. The Balaban J connectivity index is 0.000000161. The number of rotatable bonds is 7. The van der Waals surface area contributed by atoms with Crippen LogP contribution in [0, 0.1) is 11.8 Å². The highest BCUT2D eigenvalue weighted by molar-refractivity contribution is 7.89. The fourth-order valence-corrected chi connectivity index (χ4v) is 12.0. The van der Waals surface area contributed by atoms with Crippen LogP contribution >= 0.6 is 0 Å². The molecule has 3 N–H and O–H groups in total. The number of anilines is 2. The molecule has 4 aromatic rings. The summed E-state index contributed by atoms with van der Waals surface area (Å²) >= 11 is 0. The van der Waals surface area contributed by atoms with E-state index in [1.807, 2.05) is 24.3 Å². The molecule has 56 heavy (non-hydrogen) atoms. The van der Waals surface area contributed by atoms with E-state index in [1.165, 1.54) is 20.5 Å². The van der Waals surface area contributed by atoms with Gasteiger partial charge in [-0.05, 0) is 86.1 Å². The lowest BCUT2D eigenvalue weighted by Gasteiger charge is -2.37. The number of aromatic nitrogens is 2. The van der Waals surface area contributed by atoms with E-state index < -0.39 is 20.0 Å². The van der Waals surface area contributed by atoms with Gasteiger partial charge in [0.1, 0.15) is 0 Å². The lowest BCUT2D eigenvalue weighted by Crippen LogP contribution is -2.42. The van der Waals surface area contributed by atoms with Gasteiger partial charge in [-0.25, -0.2) is 24.8 Å². The Bertz CT molecular complexity index is 2370. The molecule has 13 nitrogen and oxygen atoms in total. The molecule has 3 fully saturated rings. The molecule has 2 aromatic carbocycles. The van der Waals surface area contributed by atoms with Crippen molar-refractivity contribution in [2.75, 3.05) is 49.4 Å². The third-order valence-corrected chi connectivity index (χ3v) is 14.6. The summed E-state index contributed by atoms with van der Waals surface area (Å²) in [4.78, 5) is 27.5. The average Bonchev–Trinajstić information content (AvgIpc) is 4.00. The molecule has 5 heterocycles. The molecular formula is C41H54N6O7S2. The second-order valence-electron chi connectivity index (χ2n) is 16.3. The molecule has 0 spiro atoms. The standard InChI is InChI=1S/C23H31N3O4S.C18H23N3O3S/c1-31(28,29)26-21-7-6-17(24-23(27)16-4-2-3-5-16)14-19(21)20-15-25(11-8-22(20)26)18-9-12-30-13-10-18;1-25(23,24)21-16-7-6-13(20-18(22)12-4-2-3-5-12)10-14(16)15-11-19-9-8-17(15)21/h6-7,14,16,18H,2-5,8-13,15H2,1H3,(H,24,27);6-7,10,12,19H,2-5,8-9,11H2,1H3,(H,20,22). The quantitative estimate of drug-likeness (QED) is 0.224. The Morgan fingerprint density at radius 1 is 0.696 bits per heavy atom. The van der Waals surface area contributed by atoms with Gasteiger partial charge < -0.3 is 20.7 Å². The Hall–Kier alpha value is -3.76. The Labute approximate surface area is 329 Å². The van der Waals surface area contributed by atoms with Gasteiger partial charge in [0.2, 0.25) is 31.9 Å². The lowest BCUT2D eigenvalue weighted by molar-refractivity contribution is -0.120. The topological polar surface area (TPSA) is 161 Å². The average molecular weight is 807 g/mol. The van der Waals surface area contributed by atoms with Crippen molar-refractivity contribution in [3.05, 3.63) is 58.9 Å². The highest BCUT2D eigenvalue weighted by Crippen LogP contribution is 2.37. The molecule has 15 heteroatoms. The second-order valence-corrected chi connectivity index (χ2v) is 20.0. The molecule has 5 aliphatic rings. The molecule has 0 radical (unpaired) electrons. The minimum Gasteiger partial charge on any atom is -0.381 e. The van der Waals surface area contributed by atoms with Crippen molar-refractivity contribution in [1.29, 1.82) is 0 Å². The summed E-state index contributed by atoms with van der Waals surface area (Å²) < 4.78 is 58.4. The largest absolute Gasteiger partial charge is 0.381 e. The van der Waals surface area contributed by atoms with Crippen LogP contribution in [0.5, 0.6) is 0 Å². The summed E-state index contributed by atoms with van der Waals surface area (Å²) in [6, 6.07) is 11.6. The van der Waals surface area contributed by atoms with Crippen molar-refractivity contribution < 1.29 is 31.2 Å². The Morgan fingerprint density at radius 2 is 1.20 bits per heavy atom. The van der Waals surface area contributed by atoms with Gasteiger partial charge in [0.25, 0.3) is 0 Å². The Kier molecular flexibility index (Phi) is 11.1. The number of ether oxygens (including phenoxy) is 1. The lowest BCUT2D eigenvalue weighted by atomic mass is 9.99. The zero-order valence-corrected chi connectivity index (χ0v) is 34.1. The number of benzene rings is 2. The highest BCUT2D eigenvalue weighted by atomic mass is 32.2. The number of amides is 2. The van der Waals surface area contributed by atoms with Crippen molar-refractivity contribution >= 4 is 65.0 Å². The summed E-state index contributed by atoms with van der Waals surface area (Å²) in [5, 5.41) is 11.2. The van der Waals surface area contributed by atoms with Gasteiger partial charge in [-0.3, -0.25) is 14.5 Å². The molecule has 2 aromatic heterocycles. The predicted molar refractivity (Wildman–Crippen MR) is 219 cm³/mol. The molecule has 9 rings (SSSR count). The van der Waals surface area contributed by atoms with Crippen molar-refractivity contribution in [2.24, 2.45) is 11.8 Å². The zero-order chi connectivity index (χ0) is 39.2. The number of carbonyl (C=O) groups excluding carboxylic acids is 2. The maximum absolute atomic E-state index is 12.7. The van der Waals surface area contributed by atoms with Gasteiger partial charge in [0.15, 0.2) is 0 Å². The molecule has 2 amide bonds. The van der Waals surface area contributed by atoms with E-state index in [1.54, 1.807) is 12.1 Å². The van der Waals surface area contributed by atoms with E-state index in [2.05, 4.69) is 20.9 Å². The van der Waals surface area contributed by atoms with Crippen LogP contribution in [0.15, 0.2) is 36.4 Å². The normalized spacial score (nSPS) is 20.1. The molecule has 2 aliphatic carbocycles. The van der Waals surface area contributed by atoms with Crippen molar-refractivity contribution in [3.8, 4) is 0 Å². The third-order valence-electron chi connectivity index (χ3n) is 12.5. The van der Waals surface area contributed by atoms with Crippen LogP contribution in [0.2, 0.25) is 0 Å². The fourth-order valence-electron chi connectivity index (χ4n) is 9.73. The number of nitrogens with zero attached hydrogens (tertiary/aromatic N) is 3. The van der Waals surface area contributed by atoms with Crippen LogP contribution in [0.1, 0.15) is 86.7 Å². The van der Waals surface area contributed by atoms with E-state index in [4.69, 9.17) is 4.74 Å². The number of hydrogen-bond acceptors (Lipinski definition) is 9. The molecule has 1 saturated heterocycles. The highest BCUT2D eigenvalue weighted by Gasteiger charge is 2.32. The number of hydrogen-bond donors (Lipinski definition) is 3. The molecule has 2 saturated carbocycles. The van der Waals surface area contributed by atoms with Crippen molar-refractivity contribution in [2.45, 2.75) is 96.2 Å². The SMILES string of the molecule is CS(=O)(=O)n1c2c(c3cc(NC(=O)C4CCCC4)ccc31)CN(C1CCOCC1)CC2.CS(=O)(=O)n1c2c(c3cc(NC(=O)C4CCCC4)ccc31)CNCC2. The van der Waals surface area contributed by atoms with Crippen LogP contribution in [0.3, 0.4) is 0 Å². The first-order valence-electron chi connectivity index (χ1n) is 20.2. The number of carbonyl (C=O) groups is 2. The van der Waals surface area contributed by atoms with E-state index >= 15 is 0 Å². The van der Waals surface area contributed by atoms with E-state index in [9.17, 15) is 26.4 Å². The number of nitrogens with one attached hydrogen (secondary N) is 3. The summed E-state index contributed by atoms with van der Waals surface area (Å²) in [6.45, 7) is 4.58. The smallest absolute Gasteiger partial charge is 0.236 e. The van der Waals surface area contributed by atoms with Crippen LogP contribution < -0.4 is 16.0 Å². The minimum absolute atomic E-state index is 0.0754. The summed E-state index contributed by atoms with van der Waals surface area (Å²) in [7, 11) is -6.80. The van der Waals surface area contributed by atoms with Crippen LogP contribution in [0.4, 0.5) is 11.4 Å². The van der Waals surface area contributed by atoms with Crippen molar-refractivity contribution in [1.82, 2.24) is 18.2 Å². The summed E-state index contributed by atoms with van der Waals surface area (Å²) in [5.41, 5.74) is 6.73. The first-order valence-corrected chi connectivity index (χ1v) is 23.9. The molecule has 0 unspecified atom stereocenters. The van der Waals surface area contributed by atoms with Gasteiger partial charge in [0, 0.05) is 104 Å². The van der Waals surface area contributed by atoms with Crippen molar-refractivity contribution in [3.63, 3.8) is 0 Å². The van der Waals surface area contributed by atoms with Gasteiger partial charge >= 0.3 is 0 Å². The van der Waals surface area contributed by atoms with E-state index in [0.29, 0.717) is 36.5 Å². The molecular weight excluding hydrogens is 753 g/mol. The number of fused-ring (bicyclic) bond motifs is 6. The first kappa shape index (κ1) is 39.1. The van der Waals surface area contributed by atoms with Gasteiger partial charge in [-0.2, -0.15) is 0 Å². The fraction of sp³-hybridized carbons (Fsp3) is 0.561. The maximum atomic E-state index is 12.7. The zero-order valence-electron chi connectivity index (χ0n) is 32.4. The third kappa shape index (κ3) is 7.89. The first-order chi connectivity index (χ1) is 26.9. The van der Waals surface area contributed by atoms with E-state index in [-0.39, 0.29) is 23.7 Å². The van der Waals surface area contributed by atoms with Gasteiger partial charge in [0.05, 0.1) is 23.5 Å². The Morgan fingerprint density at radius 3 is 1.71 bits per heavy atom. The molecule has 0 atom stereocenters.